The highest BCUT2D eigenvalue weighted by atomic mass is 16.7. The molecule has 1 aliphatic carbocycles. The van der Waals surface area contributed by atoms with Gasteiger partial charge >= 0.3 is 6.16 Å². The van der Waals surface area contributed by atoms with Crippen LogP contribution in [0.15, 0.2) is 48.5 Å². The zero-order valence-corrected chi connectivity index (χ0v) is 17.8. The fraction of sp³-hybridized carbons (Fsp3) is 0.462. The standard InChI is InChI=1S/C26H31NO3/c1-2-3-4-5-6-20-7-11-22(12-8-20)23-13-17-25(18-14-23)30-26(28)29-24-15-9-21(19-27)10-16-24/h7-8,11-14,17-18,21,24H,2-6,9-10,15-16H2,1H3/t21-,24-. The van der Waals surface area contributed by atoms with Gasteiger partial charge in [-0.05, 0) is 67.3 Å². The van der Waals surface area contributed by atoms with Crippen LogP contribution in [0.3, 0.4) is 0 Å². The summed E-state index contributed by atoms with van der Waals surface area (Å²) in [5.41, 5.74) is 3.61. The number of benzene rings is 2. The molecule has 0 aromatic heterocycles. The summed E-state index contributed by atoms with van der Waals surface area (Å²) in [6.07, 6.45) is 8.43. The van der Waals surface area contributed by atoms with Gasteiger partial charge in [-0.2, -0.15) is 5.26 Å². The molecule has 1 saturated carbocycles. The fourth-order valence-electron chi connectivity index (χ4n) is 3.90. The Labute approximate surface area is 179 Å². The lowest BCUT2D eigenvalue weighted by atomic mass is 9.88. The topological polar surface area (TPSA) is 59.3 Å². The first-order valence-electron chi connectivity index (χ1n) is 11.2. The Hall–Kier alpha value is -2.80. The summed E-state index contributed by atoms with van der Waals surface area (Å²) < 4.78 is 10.7. The first-order valence-corrected chi connectivity index (χ1v) is 11.2. The zero-order valence-electron chi connectivity index (χ0n) is 17.8. The quantitative estimate of drug-likeness (QED) is 0.268. The van der Waals surface area contributed by atoms with Crippen molar-refractivity contribution < 1.29 is 14.3 Å². The number of carbonyl (C=O) groups is 1. The summed E-state index contributed by atoms with van der Waals surface area (Å²) in [7, 11) is 0. The van der Waals surface area contributed by atoms with Crippen LogP contribution < -0.4 is 4.74 Å². The molecule has 0 heterocycles. The number of rotatable bonds is 8. The van der Waals surface area contributed by atoms with Crippen LogP contribution in [0.25, 0.3) is 11.1 Å². The second kappa shape index (κ2) is 11.4. The minimum absolute atomic E-state index is 0.0866. The van der Waals surface area contributed by atoms with Crippen molar-refractivity contribution in [3.05, 3.63) is 54.1 Å². The third kappa shape index (κ3) is 6.62. The van der Waals surface area contributed by atoms with Gasteiger partial charge in [-0.25, -0.2) is 4.79 Å². The number of ether oxygens (including phenoxy) is 2. The van der Waals surface area contributed by atoms with Crippen LogP contribution in [-0.4, -0.2) is 12.3 Å². The fourth-order valence-corrected chi connectivity index (χ4v) is 3.90. The molecule has 4 heteroatoms. The third-order valence-electron chi connectivity index (χ3n) is 5.78. The molecule has 2 aromatic rings. The van der Waals surface area contributed by atoms with E-state index in [2.05, 4.69) is 37.3 Å². The van der Waals surface area contributed by atoms with E-state index in [0.29, 0.717) is 5.75 Å². The summed E-state index contributed by atoms with van der Waals surface area (Å²) in [5, 5.41) is 8.94. The lowest BCUT2D eigenvalue weighted by molar-refractivity contribution is 0.0375. The second-order valence-electron chi connectivity index (χ2n) is 8.10. The van der Waals surface area contributed by atoms with E-state index in [1.807, 2.05) is 12.1 Å². The van der Waals surface area contributed by atoms with Crippen molar-refractivity contribution in [2.45, 2.75) is 70.8 Å². The second-order valence-corrected chi connectivity index (χ2v) is 8.10. The molecular weight excluding hydrogens is 374 g/mol. The maximum Gasteiger partial charge on any atom is 0.514 e. The van der Waals surface area contributed by atoms with E-state index in [1.54, 1.807) is 12.1 Å². The van der Waals surface area contributed by atoms with E-state index in [0.717, 1.165) is 43.2 Å². The molecule has 0 N–H and O–H groups in total. The third-order valence-corrected chi connectivity index (χ3v) is 5.78. The van der Waals surface area contributed by atoms with Crippen molar-refractivity contribution in [3.8, 4) is 22.9 Å². The van der Waals surface area contributed by atoms with Crippen LogP contribution in [0.1, 0.15) is 63.9 Å². The summed E-state index contributed by atoms with van der Waals surface area (Å²) in [4.78, 5) is 12.0. The predicted octanol–water partition coefficient (Wildman–Crippen LogP) is 7.07. The van der Waals surface area contributed by atoms with Crippen LogP contribution >= 0.6 is 0 Å². The lowest BCUT2D eigenvalue weighted by Crippen LogP contribution is -2.25. The van der Waals surface area contributed by atoms with Crippen molar-refractivity contribution >= 4 is 6.16 Å². The Morgan fingerprint density at radius 2 is 1.57 bits per heavy atom. The molecule has 158 valence electrons. The maximum absolute atomic E-state index is 12.0. The summed E-state index contributed by atoms with van der Waals surface area (Å²) in [6, 6.07) is 18.5. The molecule has 0 spiro atoms. The van der Waals surface area contributed by atoms with E-state index >= 15 is 0 Å². The number of nitrogens with zero attached hydrogens (tertiary/aromatic N) is 1. The highest BCUT2D eigenvalue weighted by Crippen LogP contribution is 2.27. The van der Waals surface area contributed by atoms with E-state index in [-0.39, 0.29) is 12.0 Å². The van der Waals surface area contributed by atoms with Gasteiger partial charge in [0.1, 0.15) is 11.9 Å². The lowest BCUT2D eigenvalue weighted by Gasteiger charge is -2.24. The first kappa shape index (κ1) is 21.9. The molecule has 0 amide bonds. The molecule has 1 fully saturated rings. The maximum atomic E-state index is 12.0. The molecule has 0 saturated heterocycles. The Balaban J connectivity index is 1.47. The molecule has 2 aromatic carbocycles. The molecule has 1 aliphatic rings. The van der Waals surface area contributed by atoms with Gasteiger partial charge in [-0.3, -0.25) is 0 Å². The number of hydrogen-bond acceptors (Lipinski definition) is 4. The normalized spacial score (nSPS) is 18.4. The van der Waals surface area contributed by atoms with Gasteiger partial charge in [0.05, 0.1) is 6.07 Å². The highest BCUT2D eigenvalue weighted by molar-refractivity contribution is 5.67. The molecule has 3 rings (SSSR count). The van der Waals surface area contributed by atoms with Gasteiger partial charge < -0.3 is 9.47 Å². The first-order chi connectivity index (χ1) is 14.7. The van der Waals surface area contributed by atoms with Crippen LogP contribution in [0.4, 0.5) is 4.79 Å². The monoisotopic (exact) mass is 405 g/mol. The van der Waals surface area contributed by atoms with E-state index in [9.17, 15) is 4.79 Å². The number of carbonyl (C=O) groups excluding carboxylic acids is 1. The van der Waals surface area contributed by atoms with Crippen LogP contribution in [0, 0.1) is 17.2 Å². The van der Waals surface area contributed by atoms with E-state index in [1.165, 1.54) is 31.2 Å². The van der Waals surface area contributed by atoms with Crippen molar-refractivity contribution in [1.29, 1.82) is 5.26 Å². The van der Waals surface area contributed by atoms with E-state index in [4.69, 9.17) is 14.7 Å². The molecule has 0 atom stereocenters. The average molecular weight is 406 g/mol. The molecule has 4 nitrogen and oxygen atoms in total. The predicted molar refractivity (Wildman–Crippen MR) is 118 cm³/mol. The molecule has 0 aliphatic heterocycles. The van der Waals surface area contributed by atoms with E-state index < -0.39 is 6.16 Å². The van der Waals surface area contributed by atoms with Crippen LogP contribution in [0.5, 0.6) is 5.75 Å². The van der Waals surface area contributed by atoms with Crippen LogP contribution in [-0.2, 0) is 11.2 Å². The Kier molecular flexibility index (Phi) is 8.32. The van der Waals surface area contributed by atoms with Crippen molar-refractivity contribution in [3.63, 3.8) is 0 Å². The van der Waals surface area contributed by atoms with Gasteiger partial charge in [0.25, 0.3) is 0 Å². The zero-order chi connectivity index (χ0) is 21.2. The van der Waals surface area contributed by atoms with Crippen LogP contribution in [0.2, 0.25) is 0 Å². The van der Waals surface area contributed by atoms with Gasteiger partial charge in [-0.1, -0.05) is 62.6 Å². The molecule has 0 radical (unpaired) electrons. The van der Waals surface area contributed by atoms with Gasteiger partial charge in [-0.15, -0.1) is 0 Å². The molecule has 30 heavy (non-hydrogen) atoms. The number of unbranched alkanes of at least 4 members (excludes halogenated alkanes) is 3. The summed E-state index contributed by atoms with van der Waals surface area (Å²) in [6.45, 7) is 2.23. The molecule has 0 unspecified atom stereocenters. The smallest absolute Gasteiger partial charge is 0.431 e. The van der Waals surface area contributed by atoms with Gasteiger partial charge in [0.2, 0.25) is 0 Å². The van der Waals surface area contributed by atoms with Crippen molar-refractivity contribution in [2.24, 2.45) is 5.92 Å². The number of aryl methyl sites for hydroxylation is 1. The molecule has 0 bridgehead atoms. The summed E-state index contributed by atoms with van der Waals surface area (Å²) >= 11 is 0. The largest absolute Gasteiger partial charge is 0.514 e. The number of hydrogen-bond donors (Lipinski definition) is 0. The Morgan fingerprint density at radius 3 is 2.17 bits per heavy atom. The SMILES string of the molecule is CCCCCCc1ccc(-c2ccc(OC(=O)O[C@H]3CC[C@H](C#N)CC3)cc2)cc1. The average Bonchev–Trinajstić information content (AvgIpc) is 2.78. The minimum atomic E-state index is -0.671. The minimum Gasteiger partial charge on any atom is -0.431 e. The summed E-state index contributed by atoms with van der Waals surface area (Å²) in [5.74, 6) is 0.561. The Bertz CT molecular complexity index is 828. The van der Waals surface area contributed by atoms with Crippen molar-refractivity contribution in [1.82, 2.24) is 0 Å². The van der Waals surface area contributed by atoms with Crippen molar-refractivity contribution in [2.75, 3.05) is 0 Å². The molecular formula is C26H31NO3. The Morgan fingerprint density at radius 1 is 0.933 bits per heavy atom. The number of nitriles is 1. The highest BCUT2D eigenvalue weighted by Gasteiger charge is 2.24. The van der Waals surface area contributed by atoms with Gasteiger partial charge in [0, 0.05) is 5.92 Å². The van der Waals surface area contributed by atoms with Gasteiger partial charge in [0.15, 0.2) is 0 Å².